The Balaban J connectivity index is 0.00000289. The van der Waals surface area contributed by atoms with Gasteiger partial charge < -0.3 is 19.1 Å². The maximum atomic E-state index is 10.7. The molecule has 0 radical (unpaired) electrons. The van der Waals surface area contributed by atoms with Crippen LogP contribution in [0.2, 0.25) is 0 Å². The van der Waals surface area contributed by atoms with Crippen molar-refractivity contribution in [3.8, 4) is 11.5 Å². The Morgan fingerprint density at radius 1 is 0.938 bits per heavy atom. The molecule has 3 aromatic carbocycles. The van der Waals surface area contributed by atoms with Gasteiger partial charge in [0, 0.05) is 4.47 Å². The van der Waals surface area contributed by atoms with Crippen molar-refractivity contribution >= 4 is 39.4 Å². The monoisotopic (exact) mass is 516 g/mol. The number of benzene rings is 3. The van der Waals surface area contributed by atoms with Gasteiger partial charge in [0.15, 0.2) is 0 Å². The van der Waals surface area contributed by atoms with E-state index in [4.69, 9.17) is 14.5 Å². The average molecular weight is 518 g/mol. The van der Waals surface area contributed by atoms with Crippen LogP contribution in [-0.2, 0) is 13.2 Å². The van der Waals surface area contributed by atoms with Gasteiger partial charge in [0.05, 0.1) is 17.6 Å². The molecule has 1 unspecified atom stereocenters. The van der Waals surface area contributed by atoms with E-state index >= 15 is 0 Å². The number of aryl methyl sites for hydroxylation is 2. The summed E-state index contributed by atoms with van der Waals surface area (Å²) >= 11 is 3.41. The molecule has 0 fully saturated rings. The van der Waals surface area contributed by atoms with Crippen LogP contribution in [0.1, 0.15) is 17.0 Å². The van der Waals surface area contributed by atoms with Gasteiger partial charge in [-0.05, 0) is 61.4 Å². The molecule has 0 aliphatic rings. The normalized spacial score (nSPS) is 11.8. The second kappa shape index (κ2) is 10.9. The number of halogens is 2. The minimum absolute atomic E-state index is 0. The van der Waals surface area contributed by atoms with Crippen molar-refractivity contribution in [2.24, 2.45) is 0 Å². The molecule has 4 rings (SSSR count). The van der Waals surface area contributed by atoms with E-state index < -0.39 is 6.10 Å². The van der Waals surface area contributed by atoms with Crippen LogP contribution >= 0.6 is 28.3 Å². The van der Waals surface area contributed by atoms with Gasteiger partial charge in [-0.2, -0.15) is 0 Å². The lowest BCUT2D eigenvalue weighted by molar-refractivity contribution is 0.0917. The summed E-state index contributed by atoms with van der Waals surface area (Å²) in [5.74, 6) is 2.36. The van der Waals surface area contributed by atoms with E-state index in [9.17, 15) is 5.11 Å². The second-order valence-corrected chi connectivity index (χ2v) is 8.47. The molecule has 32 heavy (non-hydrogen) atoms. The SMILES string of the molecule is Cc1cccc(C)c1OCc1nc2ccccc2n1CC(O)COc1ccc(Br)cc1.Cl. The second-order valence-electron chi connectivity index (χ2n) is 7.56. The first-order valence-electron chi connectivity index (χ1n) is 10.2. The molecule has 5 nitrogen and oxygen atoms in total. The molecule has 0 aliphatic heterocycles. The Hall–Kier alpha value is -2.54. The lowest BCUT2D eigenvalue weighted by Crippen LogP contribution is -2.25. The number of ether oxygens (including phenoxy) is 2. The van der Waals surface area contributed by atoms with E-state index in [1.165, 1.54) is 0 Å². The number of aromatic nitrogens is 2. The highest BCUT2D eigenvalue weighted by Gasteiger charge is 2.16. The van der Waals surface area contributed by atoms with Gasteiger partial charge in [-0.15, -0.1) is 12.4 Å². The maximum Gasteiger partial charge on any atom is 0.148 e. The van der Waals surface area contributed by atoms with Gasteiger partial charge in [0.25, 0.3) is 0 Å². The summed E-state index contributed by atoms with van der Waals surface area (Å²) in [4.78, 5) is 4.75. The van der Waals surface area contributed by atoms with Crippen molar-refractivity contribution in [2.45, 2.75) is 33.1 Å². The predicted molar refractivity (Wildman–Crippen MR) is 133 cm³/mol. The van der Waals surface area contributed by atoms with Crippen LogP contribution < -0.4 is 9.47 Å². The molecule has 1 atom stereocenters. The van der Waals surface area contributed by atoms with Gasteiger partial charge in [0.2, 0.25) is 0 Å². The zero-order chi connectivity index (χ0) is 21.8. The standard InChI is InChI=1S/C25H25BrN2O3.ClH/c1-17-6-5-7-18(2)25(17)31-16-24-27-22-8-3-4-9-23(22)28(24)14-20(29)15-30-21-12-10-19(26)11-13-21;/h3-13,20,29H,14-16H2,1-2H3;1H. The molecule has 0 spiro atoms. The van der Waals surface area contributed by atoms with Crippen molar-refractivity contribution in [2.75, 3.05) is 6.61 Å². The Bertz CT molecular complexity index is 1160. The first kappa shape index (κ1) is 24.1. The average Bonchev–Trinajstić information content (AvgIpc) is 3.10. The molecule has 0 bridgehead atoms. The van der Waals surface area contributed by atoms with Crippen LogP contribution in [0.25, 0.3) is 11.0 Å². The summed E-state index contributed by atoms with van der Waals surface area (Å²) in [6.07, 6.45) is -0.694. The van der Waals surface area contributed by atoms with E-state index in [1.54, 1.807) is 0 Å². The summed E-state index contributed by atoms with van der Waals surface area (Å²) in [5, 5.41) is 10.7. The van der Waals surface area contributed by atoms with Gasteiger partial charge in [0.1, 0.15) is 36.6 Å². The molecule has 0 aliphatic carbocycles. The molecule has 0 saturated heterocycles. The summed E-state index contributed by atoms with van der Waals surface area (Å²) in [6.45, 7) is 4.94. The summed E-state index contributed by atoms with van der Waals surface area (Å²) in [5.41, 5.74) is 4.02. The smallest absolute Gasteiger partial charge is 0.148 e. The molecular weight excluding hydrogens is 492 g/mol. The largest absolute Gasteiger partial charge is 0.491 e. The fourth-order valence-corrected chi connectivity index (χ4v) is 3.85. The lowest BCUT2D eigenvalue weighted by atomic mass is 10.1. The minimum atomic E-state index is -0.694. The quantitative estimate of drug-likeness (QED) is 0.318. The summed E-state index contributed by atoms with van der Waals surface area (Å²) in [7, 11) is 0. The van der Waals surface area contributed by atoms with Gasteiger partial charge in [-0.1, -0.05) is 46.3 Å². The third-order valence-electron chi connectivity index (χ3n) is 5.14. The van der Waals surface area contributed by atoms with E-state index in [0.29, 0.717) is 13.2 Å². The Morgan fingerprint density at radius 3 is 2.34 bits per heavy atom. The summed E-state index contributed by atoms with van der Waals surface area (Å²) < 4.78 is 14.9. The first-order valence-corrected chi connectivity index (χ1v) is 11.0. The Kier molecular flexibility index (Phi) is 8.18. The number of rotatable bonds is 8. The molecule has 0 amide bonds. The fraction of sp³-hybridized carbons (Fsp3) is 0.240. The molecule has 0 saturated carbocycles. The van der Waals surface area contributed by atoms with Crippen LogP contribution in [0, 0.1) is 13.8 Å². The first-order chi connectivity index (χ1) is 15.0. The van der Waals surface area contributed by atoms with Crippen molar-refractivity contribution in [1.82, 2.24) is 9.55 Å². The fourth-order valence-electron chi connectivity index (χ4n) is 3.59. The molecule has 1 N–H and O–H groups in total. The van der Waals surface area contributed by atoms with Crippen molar-refractivity contribution in [3.05, 3.63) is 88.2 Å². The van der Waals surface area contributed by atoms with Crippen LogP contribution in [-0.4, -0.2) is 27.4 Å². The van der Waals surface area contributed by atoms with Crippen LogP contribution in [0.3, 0.4) is 0 Å². The number of fused-ring (bicyclic) bond motifs is 1. The Morgan fingerprint density at radius 2 is 1.62 bits per heavy atom. The highest BCUT2D eigenvalue weighted by atomic mass is 79.9. The Labute approximate surface area is 202 Å². The van der Waals surface area contributed by atoms with Crippen LogP contribution in [0.5, 0.6) is 11.5 Å². The molecule has 7 heteroatoms. The number of para-hydroxylation sites is 3. The molecule has 168 valence electrons. The number of nitrogens with zero attached hydrogens (tertiary/aromatic N) is 2. The van der Waals surface area contributed by atoms with E-state index in [0.717, 1.165) is 44.0 Å². The van der Waals surface area contributed by atoms with E-state index in [-0.39, 0.29) is 19.0 Å². The zero-order valence-corrected chi connectivity index (χ0v) is 20.4. The topological polar surface area (TPSA) is 56.5 Å². The molecule has 4 aromatic rings. The van der Waals surface area contributed by atoms with Gasteiger partial charge in [-0.25, -0.2) is 4.98 Å². The summed E-state index contributed by atoms with van der Waals surface area (Å²) in [6, 6.07) is 21.6. The predicted octanol–water partition coefficient (Wildman–Crippen LogP) is 5.86. The van der Waals surface area contributed by atoms with Crippen LogP contribution in [0.4, 0.5) is 0 Å². The number of hydrogen-bond donors (Lipinski definition) is 1. The number of aliphatic hydroxyl groups is 1. The van der Waals surface area contributed by atoms with E-state index in [1.807, 2.05) is 85.1 Å². The maximum absolute atomic E-state index is 10.7. The number of imidazole rings is 1. The van der Waals surface area contributed by atoms with Crippen LogP contribution in [0.15, 0.2) is 71.2 Å². The highest BCUT2D eigenvalue weighted by Crippen LogP contribution is 2.25. The van der Waals surface area contributed by atoms with E-state index in [2.05, 4.69) is 15.9 Å². The zero-order valence-electron chi connectivity index (χ0n) is 18.0. The minimum Gasteiger partial charge on any atom is -0.491 e. The van der Waals surface area contributed by atoms with Crippen molar-refractivity contribution in [1.29, 1.82) is 0 Å². The number of aliphatic hydroxyl groups excluding tert-OH is 1. The third-order valence-corrected chi connectivity index (χ3v) is 5.67. The lowest BCUT2D eigenvalue weighted by Gasteiger charge is -2.17. The third kappa shape index (κ3) is 5.63. The van der Waals surface area contributed by atoms with Gasteiger partial charge >= 0.3 is 0 Å². The van der Waals surface area contributed by atoms with Crippen molar-refractivity contribution in [3.63, 3.8) is 0 Å². The molecule has 1 heterocycles. The highest BCUT2D eigenvalue weighted by molar-refractivity contribution is 9.10. The van der Waals surface area contributed by atoms with Gasteiger partial charge in [-0.3, -0.25) is 0 Å². The molecule has 1 aromatic heterocycles. The van der Waals surface area contributed by atoms with Crippen molar-refractivity contribution < 1.29 is 14.6 Å². The number of hydrogen-bond acceptors (Lipinski definition) is 4. The molecular formula is C25H26BrClN2O3.